The van der Waals surface area contributed by atoms with E-state index in [0.717, 1.165) is 80.3 Å². The van der Waals surface area contributed by atoms with E-state index in [9.17, 15) is 0 Å². The molecule has 5 rings (SSSR count). The van der Waals surface area contributed by atoms with E-state index in [1.807, 2.05) is 29.1 Å². The van der Waals surface area contributed by atoms with Crippen molar-refractivity contribution < 1.29 is 0 Å². The van der Waals surface area contributed by atoms with Crippen molar-refractivity contribution in [3.63, 3.8) is 0 Å². The first-order chi connectivity index (χ1) is 17.1. The average Bonchev–Trinajstić information content (AvgIpc) is 3.17. The molecule has 1 aliphatic heterocycles. The Bertz CT molecular complexity index is 1260. The molecule has 0 radical (unpaired) electrons. The van der Waals surface area contributed by atoms with Crippen LogP contribution in [0, 0.1) is 6.92 Å². The number of aromatic nitrogens is 4. The summed E-state index contributed by atoms with van der Waals surface area (Å²) in [4.78, 5) is 15.2. The Kier molecular flexibility index (Phi) is 7.09. The number of rotatable bonds is 7. The molecule has 0 aliphatic carbocycles. The molecule has 1 fully saturated rings. The van der Waals surface area contributed by atoms with Gasteiger partial charge in [-0.05, 0) is 37.5 Å². The number of hydrogen-bond donors (Lipinski definition) is 0. The molecule has 4 aromatic rings. The van der Waals surface area contributed by atoms with Crippen LogP contribution in [0.1, 0.15) is 56.0 Å². The second kappa shape index (κ2) is 10.6. The van der Waals surface area contributed by atoms with Gasteiger partial charge in [0.05, 0.1) is 17.3 Å². The summed E-state index contributed by atoms with van der Waals surface area (Å²) in [6.07, 6.45) is 5.26. The molecule has 0 bridgehead atoms. The fraction of sp³-hybridized carbons (Fsp3) is 0.414. The van der Waals surface area contributed by atoms with Crippen LogP contribution in [0.5, 0.6) is 0 Å². The van der Waals surface area contributed by atoms with Crippen LogP contribution in [-0.4, -0.2) is 50.8 Å². The predicted octanol–water partition coefficient (Wildman–Crippen LogP) is 5.74. The summed E-state index contributed by atoms with van der Waals surface area (Å²) in [6.45, 7) is 11.7. The molecule has 35 heavy (non-hydrogen) atoms. The van der Waals surface area contributed by atoms with Gasteiger partial charge in [-0.15, -0.1) is 0 Å². The molecule has 182 valence electrons. The van der Waals surface area contributed by atoms with Crippen molar-refractivity contribution in [2.75, 3.05) is 31.1 Å². The van der Waals surface area contributed by atoms with E-state index in [2.05, 4.69) is 67.0 Å². The fourth-order valence-electron chi connectivity index (χ4n) is 5.10. The van der Waals surface area contributed by atoms with Crippen molar-refractivity contribution in [3.8, 4) is 5.69 Å². The Morgan fingerprint density at radius 2 is 1.80 bits per heavy atom. The monoisotopic (exact) mass is 468 g/mol. The number of anilines is 1. The highest BCUT2D eigenvalue weighted by Gasteiger charge is 2.23. The van der Waals surface area contributed by atoms with Crippen molar-refractivity contribution >= 4 is 16.9 Å². The van der Waals surface area contributed by atoms with Crippen LogP contribution in [-0.2, 0) is 6.54 Å². The summed E-state index contributed by atoms with van der Waals surface area (Å²) in [5.74, 6) is 2.27. The van der Waals surface area contributed by atoms with Gasteiger partial charge in [-0.25, -0.2) is 14.6 Å². The summed E-state index contributed by atoms with van der Waals surface area (Å²) in [6, 6.07) is 19.2. The zero-order valence-electron chi connectivity index (χ0n) is 21.2. The minimum absolute atomic E-state index is 0.312. The number of aryl methyl sites for hydroxylation is 1. The van der Waals surface area contributed by atoms with Crippen molar-refractivity contribution in [3.05, 3.63) is 77.7 Å². The van der Waals surface area contributed by atoms with E-state index in [-0.39, 0.29) is 0 Å². The van der Waals surface area contributed by atoms with E-state index in [4.69, 9.17) is 15.1 Å². The molecule has 0 saturated carbocycles. The molecule has 3 heterocycles. The van der Waals surface area contributed by atoms with Gasteiger partial charge in [-0.3, -0.25) is 4.90 Å². The third-order valence-corrected chi connectivity index (χ3v) is 6.97. The molecule has 1 saturated heterocycles. The average molecular weight is 469 g/mol. The summed E-state index contributed by atoms with van der Waals surface area (Å²) in [7, 11) is 0. The number of benzene rings is 2. The van der Waals surface area contributed by atoms with Gasteiger partial charge >= 0.3 is 0 Å². The molecule has 0 spiro atoms. The summed E-state index contributed by atoms with van der Waals surface area (Å²) in [5, 5.41) is 5.78. The lowest BCUT2D eigenvalue weighted by Crippen LogP contribution is -2.31. The minimum atomic E-state index is 0.312. The first-order valence-electron chi connectivity index (χ1n) is 13.0. The van der Waals surface area contributed by atoms with E-state index < -0.39 is 0 Å². The fourth-order valence-corrected chi connectivity index (χ4v) is 5.10. The van der Waals surface area contributed by atoms with Gasteiger partial charge < -0.3 is 4.90 Å². The SMILES string of the molecule is CCC[C@@H](C)c1nc(N2CCCN(Cc3cccc(C)c3)CC2)c2cnn(-c3ccccc3)c2n1. The first-order valence-corrected chi connectivity index (χ1v) is 13.0. The van der Waals surface area contributed by atoms with Crippen molar-refractivity contribution in [2.24, 2.45) is 0 Å². The molecular formula is C29H36N6. The molecule has 0 amide bonds. The highest BCUT2D eigenvalue weighted by Crippen LogP contribution is 2.30. The second-order valence-corrected chi connectivity index (χ2v) is 9.83. The van der Waals surface area contributed by atoms with Gasteiger partial charge in [0, 0.05) is 38.6 Å². The molecular weight excluding hydrogens is 432 g/mol. The topological polar surface area (TPSA) is 50.1 Å². The Labute approximate surface area is 208 Å². The molecule has 2 aromatic carbocycles. The predicted molar refractivity (Wildman–Crippen MR) is 143 cm³/mol. The summed E-state index contributed by atoms with van der Waals surface area (Å²) in [5.41, 5.74) is 4.65. The van der Waals surface area contributed by atoms with Gasteiger partial charge in [-0.1, -0.05) is 68.3 Å². The maximum atomic E-state index is 5.16. The van der Waals surface area contributed by atoms with Gasteiger partial charge in [0.15, 0.2) is 5.65 Å². The molecule has 6 heteroatoms. The largest absolute Gasteiger partial charge is 0.355 e. The molecule has 2 aromatic heterocycles. The van der Waals surface area contributed by atoms with Crippen LogP contribution < -0.4 is 4.90 Å². The van der Waals surface area contributed by atoms with Crippen molar-refractivity contribution in [2.45, 2.75) is 52.5 Å². The zero-order chi connectivity index (χ0) is 24.2. The van der Waals surface area contributed by atoms with E-state index in [1.54, 1.807) is 0 Å². The highest BCUT2D eigenvalue weighted by molar-refractivity contribution is 5.88. The molecule has 0 N–H and O–H groups in total. The lowest BCUT2D eigenvalue weighted by Gasteiger charge is -2.24. The number of fused-ring (bicyclic) bond motifs is 1. The highest BCUT2D eigenvalue weighted by atomic mass is 15.3. The van der Waals surface area contributed by atoms with Crippen LogP contribution in [0.2, 0.25) is 0 Å². The van der Waals surface area contributed by atoms with Gasteiger partial charge in [0.2, 0.25) is 0 Å². The Balaban J connectivity index is 1.46. The van der Waals surface area contributed by atoms with Crippen LogP contribution in [0.4, 0.5) is 5.82 Å². The van der Waals surface area contributed by atoms with Crippen molar-refractivity contribution in [1.82, 2.24) is 24.6 Å². The zero-order valence-corrected chi connectivity index (χ0v) is 21.2. The minimum Gasteiger partial charge on any atom is -0.355 e. The van der Waals surface area contributed by atoms with E-state index >= 15 is 0 Å². The quantitative estimate of drug-likeness (QED) is 0.346. The summed E-state index contributed by atoms with van der Waals surface area (Å²) < 4.78 is 1.96. The number of hydrogen-bond acceptors (Lipinski definition) is 5. The van der Waals surface area contributed by atoms with Crippen molar-refractivity contribution in [1.29, 1.82) is 0 Å². The smallest absolute Gasteiger partial charge is 0.168 e. The van der Waals surface area contributed by atoms with Gasteiger partial charge in [0.1, 0.15) is 11.6 Å². The lowest BCUT2D eigenvalue weighted by atomic mass is 10.1. The first kappa shape index (κ1) is 23.5. The molecule has 1 atom stereocenters. The maximum absolute atomic E-state index is 5.16. The number of para-hydroxylation sites is 1. The van der Waals surface area contributed by atoms with Gasteiger partial charge in [0.25, 0.3) is 0 Å². The lowest BCUT2D eigenvalue weighted by molar-refractivity contribution is 0.285. The van der Waals surface area contributed by atoms with E-state index in [1.165, 1.54) is 11.1 Å². The normalized spacial score (nSPS) is 15.9. The van der Waals surface area contributed by atoms with Gasteiger partial charge in [-0.2, -0.15) is 5.10 Å². The van der Waals surface area contributed by atoms with Crippen LogP contribution in [0.15, 0.2) is 60.8 Å². The second-order valence-electron chi connectivity index (χ2n) is 9.83. The third kappa shape index (κ3) is 5.22. The Morgan fingerprint density at radius 3 is 2.60 bits per heavy atom. The Hall–Kier alpha value is -3.25. The third-order valence-electron chi connectivity index (χ3n) is 6.97. The number of nitrogens with zero attached hydrogens (tertiary/aromatic N) is 6. The maximum Gasteiger partial charge on any atom is 0.168 e. The molecule has 1 aliphatic rings. The van der Waals surface area contributed by atoms with Crippen LogP contribution in [0.3, 0.4) is 0 Å². The van der Waals surface area contributed by atoms with Crippen LogP contribution in [0.25, 0.3) is 16.7 Å². The molecule has 6 nitrogen and oxygen atoms in total. The summed E-state index contributed by atoms with van der Waals surface area (Å²) >= 11 is 0. The van der Waals surface area contributed by atoms with Crippen LogP contribution >= 0.6 is 0 Å². The molecule has 0 unspecified atom stereocenters. The standard InChI is InChI=1S/C29H36N6/c1-4-10-23(3)27-31-28(26-20-30-35(29(26)32-27)25-13-6-5-7-14-25)34-16-9-15-33(17-18-34)21-24-12-8-11-22(2)19-24/h5-8,11-14,19-20,23H,4,9-10,15-18,21H2,1-3H3/t23-/m1/s1. The Morgan fingerprint density at radius 1 is 0.943 bits per heavy atom. The van der Waals surface area contributed by atoms with E-state index in [0.29, 0.717) is 5.92 Å².